The van der Waals surface area contributed by atoms with Crippen molar-refractivity contribution in [1.29, 1.82) is 0 Å². The highest BCUT2D eigenvalue weighted by Crippen LogP contribution is 2.40. The highest BCUT2D eigenvalue weighted by atomic mass is 32.1. The first-order valence-corrected chi connectivity index (χ1v) is 12.4. The molecule has 0 spiro atoms. The minimum absolute atomic E-state index is 0.107. The number of thiophene rings is 1. The van der Waals surface area contributed by atoms with Crippen LogP contribution in [0.5, 0.6) is 0 Å². The summed E-state index contributed by atoms with van der Waals surface area (Å²) in [5.74, 6) is -0.784. The van der Waals surface area contributed by atoms with E-state index in [2.05, 4.69) is 10.4 Å². The molecule has 2 amide bonds. The largest absolute Gasteiger partial charge is 0.348 e. The van der Waals surface area contributed by atoms with Crippen LogP contribution >= 0.6 is 11.3 Å². The Morgan fingerprint density at radius 2 is 1.82 bits per heavy atom. The molecule has 1 aromatic heterocycles. The molecule has 3 aromatic rings. The van der Waals surface area contributed by atoms with Gasteiger partial charge in [0.15, 0.2) is 0 Å². The van der Waals surface area contributed by atoms with Crippen LogP contribution in [0.25, 0.3) is 0 Å². The van der Waals surface area contributed by atoms with Gasteiger partial charge in [-0.2, -0.15) is 10.1 Å². The van der Waals surface area contributed by atoms with Crippen LogP contribution in [-0.2, 0) is 24.2 Å². The molecule has 1 atom stereocenters. The summed E-state index contributed by atoms with van der Waals surface area (Å²) < 4.78 is 0. The van der Waals surface area contributed by atoms with E-state index in [0.29, 0.717) is 22.8 Å². The first-order valence-electron chi connectivity index (χ1n) is 11.6. The molecule has 0 saturated carbocycles. The zero-order chi connectivity index (χ0) is 23.5. The van der Waals surface area contributed by atoms with E-state index >= 15 is 0 Å². The van der Waals surface area contributed by atoms with Crippen molar-refractivity contribution in [1.82, 2.24) is 5.32 Å². The second-order valence-corrected chi connectivity index (χ2v) is 9.63. The first-order chi connectivity index (χ1) is 16.6. The molecular weight excluding hydrogens is 444 g/mol. The number of para-hydroxylation sites is 1. The highest BCUT2D eigenvalue weighted by molar-refractivity contribution is 7.16. The van der Waals surface area contributed by atoms with E-state index in [-0.39, 0.29) is 11.8 Å². The molecule has 1 N–H and O–H groups in total. The number of hydrazone groups is 1. The van der Waals surface area contributed by atoms with Gasteiger partial charge >= 0.3 is 0 Å². The standard InChI is InChI=1S/C27H26N4O2S/c1-18-22(27(33)31(30-18)20-12-6-3-7-13-20)17-29-26-24(21-14-8-9-15-23(21)34-26)25(32)28-16-19-10-4-2-5-11-19/h2-7,10-13,17,22H,8-9,14-16H2,1H3,(H,28,32)/t22-/m1/s1. The molecule has 0 bridgehead atoms. The van der Waals surface area contributed by atoms with Crippen molar-refractivity contribution in [2.24, 2.45) is 16.0 Å². The van der Waals surface area contributed by atoms with E-state index in [1.807, 2.05) is 67.6 Å². The summed E-state index contributed by atoms with van der Waals surface area (Å²) in [4.78, 5) is 32.2. The Balaban J connectivity index is 1.39. The van der Waals surface area contributed by atoms with Crippen LogP contribution in [0, 0.1) is 5.92 Å². The van der Waals surface area contributed by atoms with Crippen LogP contribution < -0.4 is 10.3 Å². The second kappa shape index (κ2) is 9.73. The Kier molecular flexibility index (Phi) is 6.36. The van der Waals surface area contributed by atoms with Crippen molar-refractivity contribution < 1.29 is 9.59 Å². The van der Waals surface area contributed by atoms with Gasteiger partial charge in [0.05, 0.1) is 17.0 Å². The number of rotatable bonds is 6. The molecular formula is C27H26N4O2S. The third kappa shape index (κ3) is 4.43. The molecule has 1 aliphatic carbocycles. The number of aryl methyl sites for hydroxylation is 1. The number of aliphatic imine (C=N–C) groups is 1. The summed E-state index contributed by atoms with van der Waals surface area (Å²) in [5.41, 5.74) is 4.24. The molecule has 34 heavy (non-hydrogen) atoms. The van der Waals surface area contributed by atoms with Gasteiger partial charge < -0.3 is 5.32 Å². The molecule has 0 radical (unpaired) electrons. The molecule has 0 fully saturated rings. The number of hydrogen-bond donors (Lipinski definition) is 1. The number of fused-ring (bicyclic) bond motifs is 1. The maximum atomic E-state index is 13.3. The number of hydrogen-bond acceptors (Lipinski definition) is 5. The van der Waals surface area contributed by atoms with Crippen molar-refractivity contribution in [2.45, 2.75) is 39.2 Å². The third-order valence-corrected chi connectivity index (χ3v) is 7.40. The number of nitrogens with zero attached hydrogens (tertiary/aromatic N) is 3. The van der Waals surface area contributed by atoms with Crippen LogP contribution in [0.4, 0.5) is 10.7 Å². The van der Waals surface area contributed by atoms with E-state index in [1.165, 1.54) is 9.89 Å². The molecule has 0 saturated heterocycles. The lowest BCUT2D eigenvalue weighted by Gasteiger charge is -2.13. The lowest BCUT2D eigenvalue weighted by molar-refractivity contribution is -0.118. The topological polar surface area (TPSA) is 74.1 Å². The van der Waals surface area contributed by atoms with Crippen molar-refractivity contribution in [3.63, 3.8) is 0 Å². The minimum Gasteiger partial charge on any atom is -0.348 e. The molecule has 7 heteroatoms. The molecule has 1 aliphatic heterocycles. The van der Waals surface area contributed by atoms with E-state index in [4.69, 9.17) is 4.99 Å². The molecule has 6 nitrogen and oxygen atoms in total. The van der Waals surface area contributed by atoms with Gasteiger partial charge in [-0.1, -0.05) is 48.5 Å². The Morgan fingerprint density at radius 3 is 2.59 bits per heavy atom. The normalized spacial score (nSPS) is 17.7. The zero-order valence-electron chi connectivity index (χ0n) is 19.0. The fraction of sp³-hybridized carbons (Fsp3) is 0.259. The Labute approximate surface area is 203 Å². The van der Waals surface area contributed by atoms with Gasteiger partial charge in [-0.05, 0) is 55.9 Å². The van der Waals surface area contributed by atoms with Crippen LogP contribution in [0.15, 0.2) is 70.8 Å². The van der Waals surface area contributed by atoms with E-state index in [9.17, 15) is 9.59 Å². The molecule has 172 valence electrons. The summed E-state index contributed by atoms with van der Waals surface area (Å²) in [7, 11) is 0. The molecule has 2 heterocycles. The van der Waals surface area contributed by atoms with Crippen LogP contribution in [-0.4, -0.2) is 23.7 Å². The average Bonchev–Trinajstić information content (AvgIpc) is 3.38. The Bertz CT molecular complexity index is 1260. The Hall–Kier alpha value is -3.58. The third-order valence-electron chi connectivity index (χ3n) is 6.20. The van der Waals surface area contributed by atoms with Gasteiger partial charge in [-0.15, -0.1) is 11.3 Å². The van der Waals surface area contributed by atoms with Gasteiger partial charge in [0, 0.05) is 17.6 Å². The van der Waals surface area contributed by atoms with E-state index < -0.39 is 5.92 Å². The molecule has 0 unspecified atom stereocenters. The highest BCUT2D eigenvalue weighted by Gasteiger charge is 2.33. The average molecular weight is 471 g/mol. The van der Waals surface area contributed by atoms with Crippen molar-refractivity contribution in [2.75, 3.05) is 5.01 Å². The first kappa shape index (κ1) is 22.2. The van der Waals surface area contributed by atoms with Gasteiger partial charge in [0.1, 0.15) is 10.9 Å². The fourth-order valence-electron chi connectivity index (χ4n) is 4.39. The van der Waals surface area contributed by atoms with Gasteiger partial charge in [-0.3, -0.25) is 9.59 Å². The monoisotopic (exact) mass is 470 g/mol. The summed E-state index contributed by atoms with van der Waals surface area (Å²) in [6, 6.07) is 19.3. The summed E-state index contributed by atoms with van der Waals surface area (Å²) in [6.45, 7) is 2.30. The summed E-state index contributed by atoms with van der Waals surface area (Å²) >= 11 is 1.57. The predicted octanol–water partition coefficient (Wildman–Crippen LogP) is 5.30. The van der Waals surface area contributed by atoms with Crippen LogP contribution in [0.2, 0.25) is 0 Å². The van der Waals surface area contributed by atoms with Gasteiger partial charge in [0.25, 0.3) is 11.8 Å². The SMILES string of the molecule is CC1=NN(c2ccccc2)C(=O)[C@@H]1C=Nc1sc2c(c1C(=O)NCc1ccccc1)CCCC2. The summed E-state index contributed by atoms with van der Waals surface area (Å²) in [6.07, 6.45) is 5.71. The smallest absolute Gasteiger partial charge is 0.261 e. The maximum absolute atomic E-state index is 13.3. The lowest BCUT2D eigenvalue weighted by Crippen LogP contribution is -2.28. The Morgan fingerprint density at radius 1 is 1.12 bits per heavy atom. The molecule has 2 aliphatic rings. The number of nitrogens with one attached hydrogen (secondary N) is 1. The van der Waals surface area contributed by atoms with Crippen molar-refractivity contribution >= 4 is 45.8 Å². The summed E-state index contributed by atoms with van der Waals surface area (Å²) in [5, 5.41) is 9.62. The lowest BCUT2D eigenvalue weighted by atomic mass is 9.95. The van der Waals surface area contributed by atoms with E-state index in [0.717, 1.165) is 42.5 Å². The van der Waals surface area contributed by atoms with Crippen molar-refractivity contribution in [3.8, 4) is 0 Å². The quantitative estimate of drug-likeness (QED) is 0.497. The second-order valence-electron chi connectivity index (χ2n) is 8.54. The van der Waals surface area contributed by atoms with Crippen LogP contribution in [0.1, 0.15) is 46.1 Å². The predicted molar refractivity (Wildman–Crippen MR) is 137 cm³/mol. The number of anilines is 1. The fourth-order valence-corrected chi connectivity index (χ4v) is 5.63. The molecule has 5 rings (SSSR count). The van der Waals surface area contributed by atoms with E-state index in [1.54, 1.807) is 17.6 Å². The van der Waals surface area contributed by atoms with Gasteiger partial charge in [-0.25, -0.2) is 4.99 Å². The maximum Gasteiger partial charge on any atom is 0.261 e. The number of benzene rings is 2. The molecule has 2 aromatic carbocycles. The number of carbonyl (C=O) groups excluding carboxylic acids is 2. The number of carbonyl (C=O) groups is 2. The van der Waals surface area contributed by atoms with Gasteiger partial charge in [0.2, 0.25) is 0 Å². The minimum atomic E-state index is -0.542. The number of amides is 2. The zero-order valence-corrected chi connectivity index (χ0v) is 19.8. The van der Waals surface area contributed by atoms with Crippen LogP contribution in [0.3, 0.4) is 0 Å². The van der Waals surface area contributed by atoms with Crippen molar-refractivity contribution in [3.05, 3.63) is 82.2 Å².